The monoisotopic (exact) mass is 365 g/mol. The molecular formula is C12H16BrNO5S. The van der Waals surface area contributed by atoms with Crippen molar-refractivity contribution in [3.8, 4) is 0 Å². The van der Waals surface area contributed by atoms with Gasteiger partial charge in [0.2, 0.25) is 10.0 Å². The molecule has 0 saturated heterocycles. The van der Waals surface area contributed by atoms with Crippen LogP contribution in [0.2, 0.25) is 0 Å². The highest BCUT2D eigenvalue weighted by atomic mass is 79.9. The summed E-state index contributed by atoms with van der Waals surface area (Å²) in [5.41, 5.74) is 0.0258. The number of benzene rings is 1. The summed E-state index contributed by atoms with van der Waals surface area (Å²) in [6, 6.07) is 3.83. The van der Waals surface area contributed by atoms with Gasteiger partial charge in [-0.1, -0.05) is 0 Å². The van der Waals surface area contributed by atoms with Crippen molar-refractivity contribution in [1.82, 2.24) is 4.31 Å². The minimum Gasteiger partial charge on any atom is -0.478 e. The van der Waals surface area contributed by atoms with Crippen LogP contribution in [0.4, 0.5) is 0 Å². The van der Waals surface area contributed by atoms with Crippen LogP contribution < -0.4 is 0 Å². The lowest BCUT2D eigenvalue weighted by Gasteiger charge is -2.18. The number of nitrogens with zero attached hydrogens (tertiary/aromatic N) is 1. The van der Waals surface area contributed by atoms with E-state index in [1.165, 1.54) is 29.6 Å². The zero-order chi connectivity index (χ0) is 15.3. The Morgan fingerprint density at radius 2 is 2.10 bits per heavy atom. The molecule has 8 heteroatoms. The number of ether oxygens (including phenoxy) is 1. The van der Waals surface area contributed by atoms with Crippen molar-refractivity contribution < 1.29 is 23.1 Å². The third kappa shape index (κ3) is 4.02. The van der Waals surface area contributed by atoms with E-state index in [2.05, 4.69) is 15.9 Å². The summed E-state index contributed by atoms with van der Waals surface area (Å²) in [5.74, 6) is -1.11. The molecule has 0 unspecified atom stereocenters. The van der Waals surface area contributed by atoms with Gasteiger partial charge in [0.25, 0.3) is 0 Å². The van der Waals surface area contributed by atoms with E-state index < -0.39 is 16.0 Å². The lowest BCUT2D eigenvalue weighted by atomic mass is 10.2. The van der Waals surface area contributed by atoms with Crippen molar-refractivity contribution in [3.63, 3.8) is 0 Å². The molecular weight excluding hydrogens is 350 g/mol. The lowest BCUT2D eigenvalue weighted by molar-refractivity contribution is 0.0696. The molecule has 1 aromatic carbocycles. The summed E-state index contributed by atoms with van der Waals surface area (Å²) in [6.45, 7) is 0.794. The molecule has 0 heterocycles. The summed E-state index contributed by atoms with van der Waals surface area (Å²) in [4.78, 5) is 10.9. The first kappa shape index (κ1) is 17.1. The van der Waals surface area contributed by atoms with Gasteiger partial charge in [0.1, 0.15) is 0 Å². The molecule has 0 radical (unpaired) electrons. The van der Waals surface area contributed by atoms with Gasteiger partial charge in [-0.05, 0) is 40.5 Å². The topological polar surface area (TPSA) is 83.9 Å². The van der Waals surface area contributed by atoms with Gasteiger partial charge in [0.05, 0.1) is 10.5 Å². The van der Waals surface area contributed by atoms with Crippen LogP contribution in [0, 0.1) is 0 Å². The molecule has 0 aliphatic carbocycles. The van der Waals surface area contributed by atoms with E-state index in [4.69, 9.17) is 9.84 Å². The maximum absolute atomic E-state index is 12.3. The number of rotatable bonds is 7. The second kappa shape index (κ2) is 7.16. The summed E-state index contributed by atoms with van der Waals surface area (Å²) < 4.78 is 31.0. The summed E-state index contributed by atoms with van der Waals surface area (Å²) in [7, 11) is -0.629. The molecule has 0 saturated carbocycles. The summed E-state index contributed by atoms with van der Waals surface area (Å²) in [6.07, 6.45) is 0.580. The number of hydrogen-bond donors (Lipinski definition) is 1. The van der Waals surface area contributed by atoms with Crippen LogP contribution in [0.3, 0.4) is 0 Å². The molecule has 0 aliphatic heterocycles. The fraction of sp³-hybridized carbons (Fsp3) is 0.417. The highest BCUT2D eigenvalue weighted by Gasteiger charge is 2.23. The van der Waals surface area contributed by atoms with Crippen LogP contribution in [0.5, 0.6) is 0 Å². The smallest absolute Gasteiger partial charge is 0.335 e. The van der Waals surface area contributed by atoms with Crippen molar-refractivity contribution >= 4 is 31.9 Å². The first-order valence-electron chi connectivity index (χ1n) is 5.79. The van der Waals surface area contributed by atoms with E-state index in [0.29, 0.717) is 19.6 Å². The standard InChI is InChI=1S/C12H16BrNO5S/c1-14(6-3-7-19-2)20(17,18)11-5-4-9(12(15)16)8-10(11)13/h4-5,8H,3,6-7H2,1-2H3,(H,15,16). The molecule has 0 fully saturated rings. The van der Waals surface area contributed by atoms with E-state index in [1.807, 2.05) is 0 Å². The molecule has 0 amide bonds. The van der Waals surface area contributed by atoms with Gasteiger partial charge in [-0.25, -0.2) is 17.5 Å². The minimum atomic E-state index is -3.65. The molecule has 1 aromatic rings. The third-order valence-electron chi connectivity index (χ3n) is 2.69. The molecule has 20 heavy (non-hydrogen) atoms. The van der Waals surface area contributed by atoms with Gasteiger partial charge in [0, 0.05) is 31.8 Å². The van der Waals surface area contributed by atoms with Crippen LogP contribution in [0.15, 0.2) is 27.6 Å². The van der Waals surface area contributed by atoms with Crippen LogP contribution in [0.1, 0.15) is 16.8 Å². The van der Waals surface area contributed by atoms with E-state index >= 15 is 0 Å². The Hall–Kier alpha value is -0.960. The molecule has 0 bridgehead atoms. The third-order valence-corrected chi connectivity index (χ3v) is 5.52. The predicted molar refractivity (Wildman–Crippen MR) is 77.4 cm³/mol. The van der Waals surface area contributed by atoms with Crippen LogP contribution in [0.25, 0.3) is 0 Å². The van der Waals surface area contributed by atoms with Crippen molar-refractivity contribution in [2.75, 3.05) is 27.3 Å². The van der Waals surface area contributed by atoms with Crippen molar-refractivity contribution in [2.45, 2.75) is 11.3 Å². The largest absolute Gasteiger partial charge is 0.478 e. The zero-order valence-electron chi connectivity index (χ0n) is 11.2. The van der Waals surface area contributed by atoms with E-state index in [-0.39, 0.29) is 14.9 Å². The van der Waals surface area contributed by atoms with Gasteiger partial charge in [-0.3, -0.25) is 0 Å². The number of halogens is 1. The molecule has 0 atom stereocenters. The molecule has 0 spiro atoms. The average molecular weight is 366 g/mol. The maximum Gasteiger partial charge on any atom is 0.335 e. The Balaban J connectivity index is 3.00. The van der Waals surface area contributed by atoms with Crippen molar-refractivity contribution in [3.05, 3.63) is 28.2 Å². The number of sulfonamides is 1. The highest BCUT2D eigenvalue weighted by molar-refractivity contribution is 9.10. The number of hydrogen-bond acceptors (Lipinski definition) is 4. The Morgan fingerprint density at radius 3 is 2.60 bits per heavy atom. The first-order valence-corrected chi connectivity index (χ1v) is 8.02. The number of methoxy groups -OCH3 is 1. The molecule has 112 valence electrons. The second-order valence-corrected chi connectivity index (χ2v) is 6.99. The van der Waals surface area contributed by atoms with Gasteiger partial charge < -0.3 is 9.84 Å². The first-order chi connectivity index (χ1) is 9.30. The Bertz CT molecular complexity index is 588. The number of carbonyl (C=O) groups is 1. The Morgan fingerprint density at radius 1 is 1.45 bits per heavy atom. The number of aromatic carboxylic acids is 1. The van der Waals surface area contributed by atoms with Crippen LogP contribution >= 0.6 is 15.9 Å². The van der Waals surface area contributed by atoms with Crippen molar-refractivity contribution in [1.29, 1.82) is 0 Å². The Labute approximate surface area is 126 Å². The number of carboxylic acid groups (broad SMARTS) is 1. The van der Waals surface area contributed by atoms with Gasteiger partial charge in [0.15, 0.2) is 0 Å². The zero-order valence-corrected chi connectivity index (χ0v) is 13.6. The lowest BCUT2D eigenvalue weighted by Crippen LogP contribution is -2.29. The van der Waals surface area contributed by atoms with Crippen LogP contribution in [-0.4, -0.2) is 51.1 Å². The normalized spacial score (nSPS) is 11.8. The van der Waals surface area contributed by atoms with Gasteiger partial charge in [-0.15, -0.1) is 0 Å². The fourth-order valence-electron chi connectivity index (χ4n) is 1.56. The van der Waals surface area contributed by atoms with Crippen LogP contribution in [-0.2, 0) is 14.8 Å². The van der Waals surface area contributed by atoms with Crippen molar-refractivity contribution in [2.24, 2.45) is 0 Å². The summed E-state index contributed by atoms with van der Waals surface area (Å²) >= 11 is 3.11. The summed E-state index contributed by atoms with van der Waals surface area (Å²) in [5, 5.41) is 8.86. The maximum atomic E-state index is 12.3. The molecule has 0 aromatic heterocycles. The quantitative estimate of drug-likeness (QED) is 0.744. The van der Waals surface area contributed by atoms with E-state index in [0.717, 1.165) is 0 Å². The average Bonchev–Trinajstić information content (AvgIpc) is 2.38. The molecule has 6 nitrogen and oxygen atoms in total. The fourth-order valence-corrected chi connectivity index (χ4v) is 3.81. The SMILES string of the molecule is COCCCN(C)S(=O)(=O)c1ccc(C(=O)O)cc1Br. The molecule has 1 rings (SSSR count). The van der Waals surface area contributed by atoms with E-state index in [1.54, 1.807) is 7.11 Å². The van der Waals surface area contributed by atoms with Gasteiger partial charge in [-0.2, -0.15) is 0 Å². The minimum absolute atomic E-state index is 0.0258. The molecule has 1 N–H and O–H groups in total. The second-order valence-electron chi connectivity index (χ2n) is 4.12. The Kier molecular flexibility index (Phi) is 6.12. The van der Waals surface area contributed by atoms with E-state index in [9.17, 15) is 13.2 Å². The van der Waals surface area contributed by atoms with Gasteiger partial charge >= 0.3 is 5.97 Å². The molecule has 0 aliphatic rings. The highest BCUT2D eigenvalue weighted by Crippen LogP contribution is 2.25. The number of carboxylic acids is 1. The predicted octanol–water partition coefficient (Wildman–Crippen LogP) is 1.80.